The van der Waals surface area contributed by atoms with Crippen LogP contribution in [0.5, 0.6) is 0 Å². The van der Waals surface area contributed by atoms with Gasteiger partial charge in [-0.2, -0.15) is 0 Å². The second-order valence-electron chi connectivity index (χ2n) is 3.70. The van der Waals surface area contributed by atoms with Gasteiger partial charge in [0.05, 0.1) is 15.7 Å². The first-order valence-corrected chi connectivity index (χ1v) is 5.89. The van der Waals surface area contributed by atoms with Crippen LogP contribution >= 0.6 is 15.9 Å². The predicted molar refractivity (Wildman–Crippen MR) is 66.0 cm³/mol. The van der Waals surface area contributed by atoms with E-state index in [1.807, 2.05) is 0 Å². The molecule has 0 saturated carbocycles. The van der Waals surface area contributed by atoms with E-state index in [1.54, 1.807) is 16.8 Å². The van der Waals surface area contributed by atoms with Crippen LogP contribution < -0.4 is 0 Å². The number of fused-ring (bicyclic) bond motifs is 1. The standard InChI is InChI=1S/C12H6BrF2N3/c13-7-4-16-12-17-10(6-18(12)5-7)11-8(14)2-1-3-9(11)15/h1-6H. The molecule has 18 heavy (non-hydrogen) atoms. The van der Waals surface area contributed by atoms with Crippen LogP contribution in [0.4, 0.5) is 8.78 Å². The smallest absolute Gasteiger partial charge is 0.234 e. The van der Waals surface area contributed by atoms with Crippen LogP contribution in [0.3, 0.4) is 0 Å². The lowest BCUT2D eigenvalue weighted by Crippen LogP contribution is -1.89. The minimum atomic E-state index is -0.641. The zero-order valence-electron chi connectivity index (χ0n) is 8.94. The van der Waals surface area contributed by atoms with Gasteiger partial charge >= 0.3 is 0 Å². The van der Waals surface area contributed by atoms with E-state index in [1.165, 1.54) is 24.4 Å². The molecule has 0 atom stereocenters. The molecule has 0 fully saturated rings. The first-order valence-electron chi connectivity index (χ1n) is 5.10. The summed E-state index contributed by atoms with van der Waals surface area (Å²) in [5, 5.41) is 0. The van der Waals surface area contributed by atoms with Crippen molar-refractivity contribution in [2.45, 2.75) is 0 Å². The number of nitrogens with zero attached hydrogens (tertiary/aromatic N) is 3. The number of hydrogen-bond donors (Lipinski definition) is 0. The van der Waals surface area contributed by atoms with E-state index in [0.29, 0.717) is 5.78 Å². The summed E-state index contributed by atoms with van der Waals surface area (Å²) >= 11 is 3.27. The third kappa shape index (κ3) is 1.78. The Kier molecular flexibility index (Phi) is 2.59. The summed E-state index contributed by atoms with van der Waals surface area (Å²) in [4.78, 5) is 8.14. The molecule has 2 aromatic heterocycles. The molecule has 2 heterocycles. The summed E-state index contributed by atoms with van der Waals surface area (Å²) in [6.07, 6.45) is 4.83. The second kappa shape index (κ2) is 4.13. The van der Waals surface area contributed by atoms with E-state index in [2.05, 4.69) is 25.9 Å². The highest BCUT2D eigenvalue weighted by Crippen LogP contribution is 2.25. The van der Waals surface area contributed by atoms with Crippen molar-refractivity contribution in [2.75, 3.05) is 0 Å². The third-order valence-corrected chi connectivity index (χ3v) is 2.91. The van der Waals surface area contributed by atoms with Crippen molar-refractivity contribution >= 4 is 21.7 Å². The third-order valence-electron chi connectivity index (χ3n) is 2.50. The predicted octanol–water partition coefficient (Wildman–Crippen LogP) is 3.44. The zero-order valence-corrected chi connectivity index (χ0v) is 10.5. The minimum Gasteiger partial charge on any atom is -0.289 e. The molecule has 0 amide bonds. The molecule has 6 heteroatoms. The second-order valence-corrected chi connectivity index (χ2v) is 4.62. The topological polar surface area (TPSA) is 30.2 Å². The Morgan fingerprint density at radius 1 is 1.11 bits per heavy atom. The zero-order chi connectivity index (χ0) is 12.7. The van der Waals surface area contributed by atoms with Gasteiger partial charge in [-0.25, -0.2) is 18.7 Å². The lowest BCUT2D eigenvalue weighted by molar-refractivity contribution is 0.589. The molecule has 0 bridgehead atoms. The van der Waals surface area contributed by atoms with Crippen molar-refractivity contribution in [3.8, 4) is 11.3 Å². The molecule has 3 aromatic rings. The average molecular weight is 310 g/mol. The summed E-state index contributed by atoms with van der Waals surface area (Å²) in [5.74, 6) is -0.897. The van der Waals surface area contributed by atoms with E-state index in [9.17, 15) is 8.78 Å². The molecule has 90 valence electrons. The molecule has 0 radical (unpaired) electrons. The Morgan fingerprint density at radius 2 is 1.83 bits per heavy atom. The van der Waals surface area contributed by atoms with Gasteiger partial charge in [-0.3, -0.25) is 4.40 Å². The quantitative estimate of drug-likeness (QED) is 0.689. The van der Waals surface area contributed by atoms with E-state index in [0.717, 1.165) is 4.47 Å². The van der Waals surface area contributed by atoms with Crippen molar-refractivity contribution < 1.29 is 8.78 Å². The Hall–Kier alpha value is -1.82. The Bertz CT molecular complexity index is 719. The highest BCUT2D eigenvalue weighted by Gasteiger charge is 2.14. The molecule has 0 aliphatic heterocycles. The summed E-state index contributed by atoms with van der Waals surface area (Å²) in [6.45, 7) is 0. The van der Waals surface area contributed by atoms with Crippen LogP contribution in [0, 0.1) is 11.6 Å². The van der Waals surface area contributed by atoms with Crippen molar-refractivity contribution in [3.05, 3.63) is 52.9 Å². The lowest BCUT2D eigenvalue weighted by Gasteiger charge is -1.99. The first kappa shape index (κ1) is 11.3. The number of rotatable bonds is 1. The number of aromatic nitrogens is 3. The molecule has 3 rings (SSSR count). The summed E-state index contributed by atoms with van der Waals surface area (Å²) < 4.78 is 29.6. The van der Waals surface area contributed by atoms with Gasteiger partial charge in [0.25, 0.3) is 0 Å². The fourth-order valence-electron chi connectivity index (χ4n) is 1.72. The van der Waals surface area contributed by atoms with E-state index in [-0.39, 0.29) is 11.3 Å². The Labute approximate surface area is 109 Å². The molecule has 0 saturated heterocycles. The van der Waals surface area contributed by atoms with Gasteiger partial charge in [-0.15, -0.1) is 0 Å². The molecule has 0 aliphatic rings. The molecule has 0 spiro atoms. The van der Waals surface area contributed by atoms with E-state index >= 15 is 0 Å². The molecule has 0 aliphatic carbocycles. The Morgan fingerprint density at radius 3 is 2.56 bits per heavy atom. The van der Waals surface area contributed by atoms with Gasteiger partial charge in [0, 0.05) is 18.6 Å². The number of halogens is 3. The summed E-state index contributed by atoms with van der Waals surface area (Å²) in [5.41, 5.74) is 0.0790. The van der Waals surface area contributed by atoms with Gasteiger partial charge in [0.2, 0.25) is 5.78 Å². The van der Waals surface area contributed by atoms with Crippen LogP contribution in [0.2, 0.25) is 0 Å². The van der Waals surface area contributed by atoms with Crippen LogP contribution in [0.15, 0.2) is 41.3 Å². The number of imidazole rings is 1. The van der Waals surface area contributed by atoms with Gasteiger partial charge in [-0.1, -0.05) is 6.07 Å². The van der Waals surface area contributed by atoms with Crippen molar-refractivity contribution in [2.24, 2.45) is 0 Å². The van der Waals surface area contributed by atoms with Crippen molar-refractivity contribution in [1.82, 2.24) is 14.4 Å². The molecular weight excluding hydrogens is 304 g/mol. The molecule has 3 nitrogen and oxygen atoms in total. The van der Waals surface area contributed by atoms with Gasteiger partial charge in [0.1, 0.15) is 11.6 Å². The summed E-state index contributed by atoms with van der Waals surface area (Å²) in [7, 11) is 0. The summed E-state index contributed by atoms with van der Waals surface area (Å²) in [6, 6.07) is 3.72. The van der Waals surface area contributed by atoms with Gasteiger partial charge in [-0.05, 0) is 28.1 Å². The lowest BCUT2D eigenvalue weighted by atomic mass is 10.1. The van der Waals surface area contributed by atoms with E-state index < -0.39 is 11.6 Å². The monoisotopic (exact) mass is 309 g/mol. The fraction of sp³-hybridized carbons (Fsp3) is 0. The molecule has 0 unspecified atom stereocenters. The van der Waals surface area contributed by atoms with Crippen LogP contribution in [0.25, 0.3) is 17.0 Å². The number of benzene rings is 1. The fourth-order valence-corrected chi connectivity index (χ4v) is 2.05. The molecule has 0 N–H and O–H groups in total. The normalized spacial score (nSPS) is 11.1. The highest BCUT2D eigenvalue weighted by molar-refractivity contribution is 9.10. The maximum absolute atomic E-state index is 13.6. The number of hydrogen-bond acceptors (Lipinski definition) is 2. The van der Waals surface area contributed by atoms with Gasteiger partial charge in [0.15, 0.2) is 0 Å². The van der Waals surface area contributed by atoms with Crippen molar-refractivity contribution in [1.29, 1.82) is 0 Å². The minimum absolute atomic E-state index is 0.140. The van der Waals surface area contributed by atoms with E-state index in [4.69, 9.17) is 0 Å². The molecule has 1 aromatic carbocycles. The molecular formula is C12H6BrF2N3. The highest BCUT2D eigenvalue weighted by atomic mass is 79.9. The Balaban J connectivity index is 2.26. The largest absolute Gasteiger partial charge is 0.289 e. The maximum Gasteiger partial charge on any atom is 0.234 e. The van der Waals surface area contributed by atoms with Gasteiger partial charge < -0.3 is 0 Å². The van der Waals surface area contributed by atoms with Crippen LogP contribution in [-0.2, 0) is 0 Å². The van der Waals surface area contributed by atoms with Crippen LogP contribution in [-0.4, -0.2) is 14.4 Å². The average Bonchev–Trinajstić information content (AvgIpc) is 2.71. The van der Waals surface area contributed by atoms with Crippen LogP contribution in [0.1, 0.15) is 0 Å². The maximum atomic E-state index is 13.6. The van der Waals surface area contributed by atoms with Crippen molar-refractivity contribution in [3.63, 3.8) is 0 Å². The first-order chi connectivity index (χ1) is 8.65. The SMILES string of the molecule is Fc1cccc(F)c1-c1cn2cc(Br)cnc2n1.